The molecule has 6 heteroatoms. The van der Waals surface area contributed by atoms with Gasteiger partial charge in [0.15, 0.2) is 5.96 Å². The van der Waals surface area contributed by atoms with E-state index in [1.807, 2.05) is 14.1 Å². The quantitative estimate of drug-likeness (QED) is 0.527. The minimum absolute atomic E-state index is 0.246. The lowest BCUT2D eigenvalue weighted by molar-refractivity contribution is -0.138. The van der Waals surface area contributed by atoms with Crippen LogP contribution in [-0.4, -0.2) is 74.0 Å². The summed E-state index contributed by atoms with van der Waals surface area (Å²) in [4.78, 5) is 22.2. The van der Waals surface area contributed by atoms with Crippen LogP contribution in [0.1, 0.15) is 77.6 Å². The Morgan fingerprint density at radius 3 is 2.28 bits per heavy atom. The second-order valence-electron chi connectivity index (χ2n) is 9.63. The Bertz CT molecular complexity index is 541. The molecule has 1 aliphatic heterocycles. The summed E-state index contributed by atoms with van der Waals surface area (Å²) in [5.41, 5.74) is -0.295. The third-order valence-corrected chi connectivity index (χ3v) is 7.27. The molecule has 2 saturated carbocycles. The molecule has 0 bridgehead atoms. The normalized spacial score (nSPS) is 24.4. The second kappa shape index (κ2) is 10.6. The van der Waals surface area contributed by atoms with Crippen LogP contribution < -0.4 is 10.6 Å². The predicted molar refractivity (Wildman–Crippen MR) is 120 cm³/mol. The molecule has 0 aromatic carbocycles. The first-order chi connectivity index (χ1) is 14.0. The molecule has 1 heterocycles. The van der Waals surface area contributed by atoms with Crippen molar-refractivity contribution in [1.82, 2.24) is 20.4 Å². The summed E-state index contributed by atoms with van der Waals surface area (Å²) in [5.74, 6) is 1.14. The Balaban J connectivity index is 1.55. The van der Waals surface area contributed by atoms with Gasteiger partial charge in [0.25, 0.3) is 0 Å². The van der Waals surface area contributed by atoms with E-state index in [0.29, 0.717) is 12.6 Å². The first kappa shape index (κ1) is 22.4. The van der Waals surface area contributed by atoms with E-state index >= 15 is 0 Å². The largest absolute Gasteiger partial charge is 0.357 e. The molecule has 1 amide bonds. The molecule has 0 aromatic rings. The maximum absolute atomic E-state index is 12.8. The van der Waals surface area contributed by atoms with Crippen molar-refractivity contribution < 1.29 is 4.79 Å². The Morgan fingerprint density at radius 2 is 1.69 bits per heavy atom. The van der Waals surface area contributed by atoms with Crippen LogP contribution in [0.5, 0.6) is 0 Å². The summed E-state index contributed by atoms with van der Waals surface area (Å²) in [6.07, 6.45) is 13.6. The number of guanidine groups is 1. The van der Waals surface area contributed by atoms with Crippen LogP contribution >= 0.6 is 0 Å². The maximum Gasteiger partial charge on any atom is 0.230 e. The van der Waals surface area contributed by atoms with Gasteiger partial charge in [-0.3, -0.25) is 9.79 Å². The van der Waals surface area contributed by atoms with Gasteiger partial charge in [0, 0.05) is 45.8 Å². The Kier molecular flexibility index (Phi) is 8.22. The van der Waals surface area contributed by atoms with Crippen molar-refractivity contribution in [3.63, 3.8) is 0 Å². The topological polar surface area (TPSA) is 60.0 Å². The minimum Gasteiger partial charge on any atom is -0.357 e. The summed E-state index contributed by atoms with van der Waals surface area (Å²) in [6, 6.07) is 1.31. The molecule has 3 aliphatic rings. The third kappa shape index (κ3) is 5.87. The number of carbonyl (C=O) groups excluding carboxylic acids is 1. The molecular weight excluding hydrogens is 362 g/mol. The third-order valence-electron chi connectivity index (χ3n) is 7.27. The zero-order valence-electron chi connectivity index (χ0n) is 19.0. The molecule has 2 N–H and O–H groups in total. The number of carbonyl (C=O) groups is 1. The molecule has 166 valence electrons. The second-order valence-corrected chi connectivity index (χ2v) is 9.63. The fourth-order valence-corrected chi connectivity index (χ4v) is 5.56. The van der Waals surface area contributed by atoms with Gasteiger partial charge in [0.2, 0.25) is 5.91 Å². The number of hydrogen-bond acceptors (Lipinski definition) is 3. The van der Waals surface area contributed by atoms with E-state index in [2.05, 4.69) is 22.5 Å². The highest BCUT2D eigenvalue weighted by molar-refractivity contribution is 5.84. The van der Waals surface area contributed by atoms with Crippen molar-refractivity contribution in [2.45, 2.75) is 89.6 Å². The Hall–Kier alpha value is -1.30. The number of rotatable bonds is 6. The van der Waals surface area contributed by atoms with Crippen molar-refractivity contribution in [3.05, 3.63) is 0 Å². The number of amides is 1. The lowest BCUT2D eigenvalue weighted by atomic mass is 9.85. The van der Waals surface area contributed by atoms with Gasteiger partial charge >= 0.3 is 0 Å². The first-order valence-electron chi connectivity index (χ1n) is 12.0. The molecule has 6 nitrogen and oxygen atoms in total. The number of hydrogen-bond donors (Lipinski definition) is 2. The lowest BCUT2D eigenvalue weighted by Crippen LogP contribution is -2.51. The summed E-state index contributed by atoms with van der Waals surface area (Å²) >= 11 is 0. The van der Waals surface area contributed by atoms with E-state index in [4.69, 9.17) is 4.99 Å². The predicted octanol–water partition coefficient (Wildman–Crippen LogP) is 2.99. The SMILES string of the molecule is CCNC(=NCC1(C(=O)N(C)C)CCCC1)NC1CCN(C2CCCCC2)CC1. The van der Waals surface area contributed by atoms with Gasteiger partial charge in [0.1, 0.15) is 0 Å². The average Bonchev–Trinajstić information content (AvgIpc) is 3.23. The highest BCUT2D eigenvalue weighted by atomic mass is 16.2. The van der Waals surface area contributed by atoms with Crippen molar-refractivity contribution in [2.24, 2.45) is 10.4 Å². The minimum atomic E-state index is -0.295. The van der Waals surface area contributed by atoms with Gasteiger partial charge in [-0.05, 0) is 45.4 Å². The molecule has 2 aliphatic carbocycles. The van der Waals surface area contributed by atoms with E-state index in [-0.39, 0.29) is 11.3 Å². The number of nitrogens with zero attached hydrogens (tertiary/aromatic N) is 3. The van der Waals surface area contributed by atoms with E-state index in [0.717, 1.165) is 44.2 Å². The molecule has 3 fully saturated rings. The van der Waals surface area contributed by atoms with Crippen molar-refractivity contribution in [3.8, 4) is 0 Å². The number of likely N-dealkylation sites (tertiary alicyclic amines) is 1. The molecule has 0 aromatic heterocycles. The van der Waals surface area contributed by atoms with Crippen LogP contribution in [0, 0.1) is 5.41 Å². The molecular formula is C23H43N5O. The maximum atomic E-state index is 12.8. The molecule has 3 rings (SSSR count). The van der Waals surface area contributed by atoms with Crippen LogP contribution in [0.25, 0.3) is 0 Å². The molecule has 0 atom stereocenters. The highest BCUT2D eigenvalue weighted by Gasteiger charge is 2.42. The Morgan fingerprint density at radius 1 is 1.03 bits per heavy atom. The smallest absolute Gasteiger partial charge is 0.230 e. The summed E-state index contributed by atoms with van der Waals surface area (Å²) in [5, 5.41) is 7.09. The zero-order chi connectivity index (χ0) is 20.7. The fraction of sp³-hybridized carbons (Fsp3) is 0.913. The number of aliphatic imine (C=N–C) groups is 1. The molecule has 0 spiro atoms. The molecule has 29 heavy (non-hydrogen) atoms. The average molecular weight is 406 g/mol. The summed E-state index contributed by atoms with van der Waals surface area (Å²) < 4.78 is 0. The molecule has 0 radical (unpaired) electrons. The van der Waals surface area contributed by atoms with E-state index in [1.54, 1.807) is 4.90 Å². The summed E-state index contributed by atoms with van der Waals surface area (Å²) in [7, 11) is 3.74. The van der Waals surface area contributed by atoms with Crippen molar-refractivity contribution in [2.75, 3.05) is 40.3 Å². The van der Waals surface area contributed by atoms with Gasteiger partial charge in [-0.25, -0.2) is 0 Å². The van der Waals surface area contributed by atoms with Crippen LogP contribution in [-0.2, 0) is 4.79 Å². The monoisotopic (exact) mass is 405 g/mol. The standard InChI is InChI=1S/C23H43N5O/c1-4-24-22(25-18-23(14-8-9-15-23)21(29)27(2)3)26-19-12-16-28(17-13-19)20-10-6-5-7-11-20/h19-20H,4-18H2,1-3H3,(H2,24,25,26). The zero-order valence-corrected chi connectivity index (χ0v) is 19.0. The van der Waals surface area contributed by atoms with Gasteiger partial charge < -0.3 is 20.4 Å². The van der Waals surface area contributed by atoms with Gasteiger partial charge in [0.05, 0.1) is 12.0 Å². The lowest BCUT2D eigenvalue weighted by Gasteiger charge is -2.39. The highest BCUT2D eigenvalue weighted by Crippen LogP contribution is 2.39. The number of nitrogens with one attached hydrogen (secondary N) is 2. The van der Waals surface area contributed by atoms with Gasteiger partial charge in [-0.15, -0.1) is 0 Å². The van der Waals surface area contributed by atoms with Crippen LogP contribution in [0.4, 0.5) is 0 Å². The van der Waals surface area contributed by atoms with Crippen LogP contribution in [0.2, 0.25) is 0 Å². The van der Waals surface area contributed by atoms with Crippen LogP contribution in [0.3, 0.4) is 0 Å². The molecule has 1 saturated heterocycles. The van der Waals surface area contributed by atoms with E-state index < -0.39 is 0 Å². The molecule has 0 unspecified atom stereocenters. The van der Waals surface area contributed by atoms with Gasteiger partial charge in [-0.2, -0.15) is 0 Å². The number of piperidine rings is 1. The van der Waals surface area contributed by atoms with Crippen molar-refractivity contribution in [1.29, 1.82) is 0 Å². The fourth-order valence-electron chi connectivity index (χ4n) is 5.56. The summed E-state index contributed by atoms with van der Waals surface area (Å²) in [6.45, 7) is 5.95. The van der Waals surface area contributed by atoms with E-state index in [9.17, 15) is 4.79 Å². The van der Waals surface area contributed by atoms with Crippen LogP contribution in [0.15, 0.2) is 4.99 Å². The Labute approximate surface area is 177 Å². The van der Waals surface area contributed by atoms with Crippen molar-refractivity contribution >= 4 is 11.9 Å². The first-order valence-corrected chi connectivity index (χ1v) is 12.0. The van der Waals surface area contributed by atoms with Gasteiger partial charge in [-0.1, -0.05) is 32.1 Å². The van der Waals surface area contributed by atoms with E-state index in [1.165, 1.54) is 58.0 Å².